The molecule has 0 heterocycles. The van der Waals surface area contributed by atoms with Gasteiger partial charge < -0.3 is 14.5 Å². The van der Waals surface area contributed by atoms with E-state index in [1.807, 2.05) is 21.0 Å². The Labute approximate surface area is 136 Å². The molecule has 0 saturated carbocycles. The summed E-state index contributed by atoms with van der Waals surface area (Å²) < 4.78 is 5.59. The van der Waals surface area contributed by atoms with Gasteiger partial charge in [0.05, 0.1) is 38.5 Å². The lowest BCUT2D eigenvalue weighted by molar-refractivity contribution is -0.880. The molecule has 0 fully saturated rings. The summed E-state index contributed by atoms with van der Waals surface area (Å²) in [5.41, 5.74) is 1.47. The van der Waals surface area contributed by atoms with Crippen LogP contribution in [0.4, 0.5) is 5.69 Å². The van der Waals surface area contributed by atoms with Crippen molar-refractivity contribution < 1.29 is 18.8 Å². The van der Waals surface area contributed by atoms with Crippen LogP contribution in [-0.2, 0) is 9.53 Å². The molecule has 0 saturated heterocycles. The number of esters is 1. The van der Waals surface area contributed by atoms with Gasteiger partial charge in [0.25, 0.3) is 5.91 Å². The second-order valence-corrected chi connectivity index (χ2v) is 6.26. The number of rotatable bonds is 6. The number of amides is 1. The van der Waals surface area contributed by atoms with E-state index in [2.05, 4.69) is 5.32 Å². The first kappa shape index (κ1) is 18.5. The molecule has 0 radical (unpaired) electrons. The molecule has 0 spiro atoms. The summed E-state index contributed by atoms with van der Waals surface area (Å²) in [4.78, 5) is 24.3. The molecule has 122 valence electrons. The van der Waals surface area contributed by atoms with Gasteiger partial charge in [0, 0.05) is 5.02 Å². The predicted octanol–water partition coefficient (Wildman–Crippen LogP) is 2.86. The fourth-order valence-corrected chi connectivity index (χ4v) is 2.23. The van der Waals surface area contributed by atoms with E-state index in [4.69, 9.17) is 16.3 Å². The summed E-state index contributed by atoms with van der Waals surface area (Å²) in [6.45, 7) is 6.96. The molecule has 0 aliphatic heterocycles. The maximum atomic E-state index is 12.2. The van der Waals surface area contributed by atoms with Gasteiger partial charge in [-0.05, 0) is 38.5 Å². The molecule has 0 aliphatic rings. The van der Waals surface area contributed by atoms with Crippen molar-refractivity contribution in [3.8, 4) is 0 Å². The first-order valence-corrected chi connectivity index (χ1v) is 7.67. The standard InChI is InChI=1S/C16H23ClN2O3/c1-6-19(4,5)10-14(20)18-15-11(3)8-12(17)9-13(15)16(21)22-7-2/h8-9H,6-7,10H2,1-5H3/p+1. The van der Waals surface area contributed by atoms with Crippen molar-refractivity contribution in [1.29, 1.82) is 0 Å². The maximum Gasteiger partial charge on any atom is 0.340 e. The zero-order valence-corrected chi connectivity index (χ0v) is 14.6. The van der Waals surface area contributed by atoms with Gasteiger partial charge in [0.1, 0.15) is 0 Å². The van der Waals surface area contributed by atoms with Gasteiger partial charge in [-0.25, -0.2) is 4.79 Å². The average Bonchev–Trinajstić information content (AvgIpc) is 2.41. The molecule has 6 heteroatoms. The van der Waals surface area contributed by atoms with E-state index in [0.29, 0.717) is 21.7 Å². The van der Waals surface area contributed by atoms with Crippen LogP contribution in [-0.4, -0.2) is 50.2 Å². The molecule has 22 heavy (non-hydrogen) atoms. The maximum absolute atomic E-state index is 12.2. The Hall–Kier alpha value is -1.59. The zero-order chi connectivity index (χ0) is 16.9. The molecule has 0 aliphatic carbocycles. The van der Waals surface area contributed by atoms with Gasteiger partial charge in [0.15, 0.2) is 6.54 Å². The molecule has 0 atom stereocenters. The Morgan fingerprint density at radius 3 is 2.45 bits per heavy atom. The number of hydrogen-bond acceptors (Lipinski definition) is 3. The lowest BCUT2D eigenvalue weighted by atomic mass is 10.1. The van der Waals surface area contributed by atoms with Crippen molar-refractivity contribution in [3.63, 3.8) is 0 Å². The highest BCUT2D eigenvalue weighted by Crippen LogP contribution is 2.26. The third-order valence-corrected chi connectivity index (χ3v) is 3.71. The monoisotopic (exact) mass is 327 g/mol. The molecular weight excluding hydrogens is 304 g/mol. The number of hydrogen-bond donors (Lipinski definition) is 1. The van der Waals surface area contributed by atoms with Gasteiger partial charge in [-0.15, -0.1) is 0 Å². The third kappa shape index (κ3) is 5.00. The van der Waals surface area contributed by atoms with Crippen LogP contribution < -0.4 is 5.32 Å². The molecule has 1 N–H and O–H groups in total. The van der Waals surface area contributed by atoms with E-state index in [0.717, 1.165) is 12.1 Å². The van der Waals surface area contributed by atoms with E-state index in [1.54, 1.807) is 19.9 Å². The van der Waals surface area contributed by atoms with Crippen molar-refractivity contribution in [2.24, 2.45) is 0 Å². The minimum absolute atomic E-state index is 0.150. The van der Waals surface area contributed by atoms with Crippen LogP contribution >= 0.6 is 11.6 Å². The molecule has 1 aromatic carbocycles. The molecule has 1 amide bonds. The number of nitrogens with one attached hydrogen (secondary N) is 1. The summed E-state index contributed by atoms with van der Waals surface area (Å²) in [5.74, 6) is -0.643. The summed E-state index contributed by atoms with van der Waals surface area (Å²) in [6, 6.07) is 3.22. The van der Waals surface area contributed by atoms with Crippen LogP contribution in [0.25, 0.3) is 0 Å². The van der Waals surface area contributed by atoms with Crippen LogP contribution in [0.2, 0.25) is 5.02 Å². The van der Waals surface area contributed by atoms with E-state index in [9.17, 15) is 9.59 Å². The van der Waals surface area contributed by atoms with Crippen LogP contribution in [0.15, 0.2) is 12.1 Å². The molecule has 1 aromatic rings. The fraction of sp³-hybridized carbons (Fsp3) is 0.500. The first-order chi connectivity index (χ1) is 10.2. The number of aryl methyl sites for hydroxylation is 1. The highest BCUT2D eigenvalue weighted by Gasteiger charge is 2.22. The minimum Gasteiger partial charge on any atom is -0.462 e. The van der Waals surface area contributed by atoms with Crippen LogP contribution in [0.1, 0.15) is 29.8 Å². The molecule has 0 bridgehead atoms. The Balaban J connectivity index is 3.08. The number of anilines is 1. The molecule has 1 rings (SSSR count). The molecule has 5 nitrogen and oxygen atoms in total. The second-order valence-electron chi connectivity index (χ2n) is 5.82. The van der Waals surface area contributed by atoms with Gasteiger partial charge in [-0.2, -0.15) is 0 Å². The number of halogens is 1. The van der Waals surface area contributed by atoms with Crippen molar-refractivity contribution in [2.75, 3.05) is 39.1 Å². The molecule has 0 unspecified atom stereocenters. The third-order valence-electron chi connectivity index (χ3n) is 3.49. The van der Waals surface area contributed by atoms with E-state index in [-0.39, 0.29) is 18.1 Å². The van der Waals surface area contributed by atoms with Crippen LogP contribution in [0, 0.1) is 6.92 Å². The zero-order valence-electron chi connectivity index (χ0n) is 13.8. The number of likely N-dealkylation sites (N-methyl/N-ethyl adjacent to an activating group) is 1. The largest absolute Gasteiger partial charge is 0.462 e. The smallest absolute Gasteiger partial charge is 0.340 e. The molecular formula is C16H24ClN2O3+. The number of carbonyl (C=O) groups excluding carboxylic acids is 2. The summed E-state index contributed by atoms with van der Waals surface area (Å²) in [5, 5.41) is 3.26. The number of benzene rings is 1. The van der Waals surface area contributed by atoms with Crippen molar-refractivity contribution in [3.05, 3.63) is 28.3 Å². The van der Waals surface area contributed by atoms with Crippen LogP contribution in [0.3, 0.4) is 0 Å². The summed E-state index contributed by atoms with van der Waals surface area (Å²) >= 11 is 6.01. The quantitative estimate of drug-likeness (QED) is 0.645. The normalized spacial score (nSPS) is 11.2. The topological polar surface area (TPSA) is 55.4 Å². The van der Waals surface area contributed by atoms with Crippen molar-refractivity contribution in [2.45, 2.75) is 20.8 Å². The highest BCUT2D eigenvalue weighted by atomic mass is 35.5. The number of nitrogens with zero attached hydrogens (tertiary/aromatic N) is 1. The Morgan fingerprint density at radius 1 is 1.27 bits per heavy atom. The van der Waals surface area contributed by atoms with E-state index < -0.39 is 5.97 Å². The highest BCUT2D eigenvalue weighted by molar-refractivity contribution is 6.31. The Kier molecular flexibility index (Phi) is 6.38. The minimum atomic E-state index is -0.493. The molecule has 0 aromatic heterocycles. The van der Waals surface area contributed by atoms with Gasteiger partial charge in [-0.3, -0.25) is 4.79 Å². The average molecular weight is 328 g/mol. The number of ether oxygens (including phenoxy) is 1. The van der Waals surface area contributed by atoms with E-state index in [1.165, 1.54) is 6.07 Å². The Morgan fingerprint density at radius 2 is 1.91 bits per heavy atom. The van der Waals surface area contributed by atoms with Crippen molar-refractivity contribution >= 4 is 29.2 Å². The van der Waals surface area contributed by atoms with Crippen LogP contribution in [0.5, 0.6) is 0 Å². The van der Waals surface area contributed by atoms with Gasteiger partial charge >= 0.3 is 5.97 Å². The predicted molar refractivity (Wildman–Crippen MR) is 88.3 cm³/mol. The van der Waals surface area contributed by atoms with Crippen molar-refractivity contribution in [1.82, 2.24) is 0 Å². The SMILES string of the molecule is CCOC(=O)c1cc(Cl)cc(C)c1NC(=O)C[N+](C)(C)CC. The van der Waals surface area contributed by atoms with Gasteiger partial charge in [-0.1, -0.05) is 11.6 Å². The first-order valence-electron chi connectivity index (χ1n) is 7.29. The Bertz CT molecular complexity index is 571. The lowest BCUT2D eigenvalue weighted by Gasteiger charge is -2.27. The fourth-order valence-electron chi connectivity index (χ4n) is 1.96. The summed E-state index contributed by atoms with van der Waals surface area (Å²) in [6.07, 6.45) is 0. The summed E-state index contributed by atoms with van der Waals surface area (Å²) in [7, 11) is 3.95. The lowest BCUT2D eigenvalue weighted by Crippen LogP contribution is -2.45. The number of quaternary nitrogens is 1. The van der Waals surface area contributed by atoms with E-state index >= 15 is 0 Å². The number of carbonyl (C=O) groups is 2. The van der Waals surface area contributed by atoms with Gasteiger partial charge in [0.2, 0.25) is 0 Å². The second kappa shape index (κ2) is 7.61.